The van der Waals surface area contributed by atoms with E-state index < -0.39 is 5.97 Å². The van der Waals surface area contributed by atoms with Crippen LogP contribution in [0.2, 0.25) is 0 Å². The Morgan fingerprint density at radius 3 is 1.87 bits per heavy atom. The van der Waals surface area contributed by atoms with Crippen molar-refractivity contribution in [1.82, 2.24) is 4.90 Å². The van der Waals surface area contributed by atoms with Gasteiger partial charge in [-0.3, -0.25) is 0 Å². The number of aliphatic hydroxyl groups is 1. The van der Waals surface area contributed by atoms with E-state index >= 15 is 0 Å². The molecule has 0 radical (unpaired) electrons. The third-order valence-corrected chi connectivity index (χ3v) is 3.45. The number of benzene rings is 1. The first kappa shape index (κ1) is 21.4. The topological polar surface area (TPSA) is 86.8 Å². The number of nitrogens with zero attached hydrogens (tertiary/aromatic N) is 1. The van der Waals surface area contributed by atoms with E-state index in [1.165, 1.54) is 50.9 Å². The van der Waals surface area contributed by atoms with Gasteiger partial charge in [-0.1, -0.05) is 26.7 Å². The fourth-order valence-electron chi connectivity index (χ4n) is 2.02. The summed E-state index contributed by atoms with van der Waals surface area (Å²) >= 11 is 0. The van der Waals surface area contributed by atoms with Crippen LogP contribution in [0.1, 0.15) is 56.3 Å². The maximum atomic E-state index is 10.3. The first-order valence-corrected chi connectivity index (χ1v) is 8.47. The number of hydrogen-bond donors (Lipinski definition) is 3. The molecule has 23 heavy (non-hydrogen) atoms. The molecule has 0 bridgehead atoms. The molecule has 5 heteroatoms. The molecule has 5 nitrogen and oxygen atoms in total. The summed E-state index contributed by atoms with van der Waals surface area (Å²) in [5.41, 5.74) is 6.17. The lowest BCUT2D eigenvalue weighted by Gasteiger charge is -2.21. The Kier molecular flexibility index (Phi) is 13.1. The standard InChI is InChI=1S/C11H25NO.C7H7NO2/c1-3-5-8-12(9-6-4-2)10-7-11-13;8-6-3-1-5(2-4-6)7(9)10/h13H,3-11H2,1-2H3;1-4H,8H2,(H,9,10). The van der Waals surface area contributed by atoms with Crippen LogP contribution in [0.5, 0.6) is 0 Å². The van der Waals surface area contributed by atoms with Crippen molar-refractivity contribution in [3.05, 3.63) is 29.8 Å². The van der Waals surface area contributed by atoms with Crippen LogP contribution >= 0.6 is 0 Å². The minimum absolute atomic E-state index is 0.259. The zero-order chi connectivity index (χ0) is 17.5. The molecule has 0 aromatic heterocycles. The van der Waals surface area contributed by atoms with E-state index in [0.717, 1.165) is 13.0 Å². The van der Waals surface area contributed by atoms with Crippen LogP contribution < -0.4 is 5.73 Å². The highest BCUT2D eigenvalue weighted by Gasteiger charge is 2.02. The SMILES string of the molecule is CCCCN(CCCC)CCCO.Nc1ccc(C(=O)O)cc1. The number of aliphatic hydroxyl groups excluding tert-OH is 1. The Bertz CT molecular complexity index is 388. The van der Waals surface area contributed by atoms with E-state index in [4.69, 9.17) is 15.9 Å². The third kappa shape index (κ3) is 11.6. The average molecular weight is 324 g/mol. The lowest BCUT2D eigenvalue weighted by molar-refractivity contribution is 0.0697. The lowest BCUT2D eigenvalue weighted by Crippen LogP contribution is -2.27. The Hall–Kier alpha value is -1.59. The summed E-state index contributed by atoms with van der Waals surface area (Å²) in [6.07, 6.45) is 6.03. The van der Waals surface area contributed by atoms with Gasteiger partial charge in [0.25, 0.3) is 0 Å². The molecule has 0 spiro atoms. The van der Waals surface area contributed by atoms with Crippen LogP contribution in [0, 0.1) is 0 Å². The van der Waals surface area contributed by atoms with E-state index in [0.29, 0.717) is 12.3 Å². The van der Waals surface area contributed by atoms with Gasteiger partial charge < -0.3 is 20.8 Å². The number of unbranched alkanes of at least 4 members (excludes halogenated alkanes) is 2. The van der Waals surface area contributed by atoms with Crippen LogP contribution in [0.4, 0.5) is 5.69 Å². The van der Waals surface area contributed by atoms with E-state index in [2.05, 4.69) is 18.7 Å². The lowest BCUT2D eigenvalue weighted by atomic mass is 10.2. The van der Waals surface area contributed by atoms with Gasteiger partial charge in [0.2, 0.25) is 0 Å². The van der Waals surface area contributed by atoms with Gasteiger partial charge in [-0.2, -0.15) is 0 Å². The van der Waals surface area contributed by atoms with Gasteiger partial charge in [0.15, 0.2) is 0 Å². The number of rotatable bonds is 10. The predicted molar refractivity (Wildman–Crippen MR) is 95.8 cm³/mol. The second-order valence-electron chi connectivity index (χ2n) is 5.55. The first-order chi connectivity index (χ1) is 11.0. The quantitative estimate of drug-likeness (QED) is 0.575. The van der Waals surface area contributed by atoms with Gasteiger partial charge in [-0.05, 0) is 56.6 Å². The molecule has 0 saturated carbocycles. The summed E-state index contributed by atoms with van der Waals surface area (Å²) in [6.45, 7) is 8.26. The molecule has 0 aliphatic rings. The summed E-state index contributed by atoms with van der Waals surface area (Å²) in [5.74, 6) is -0.931. The van der Waals surface area contributed by atoms with Gasteiger partial charge in [0, 0.05) is 18.8 Å². The second kappa shape index (κ2) is 14.0. The predicted octanol–water partition coefficient (Wildman–Crippen LogP) is 3.24. The third-order valence-electron chi connectivity index (χ3n) is 3.45. The maximum absolute atomic E-state index is 10.3. The van der Waals surface area contributed by atoms with Gasteiger partial charge in [0.1, 0.15) is 0 Å². The van der Waals surface area contributed by atoms with Crippen LogP contribution in [0.25, 0.3) is 0 Å². The number of nitrogens with two attached hydrogens (primary N) is 1. The number of carbonyl (C=O) groups is 1. The molecule has 0 heterocycles. The highest BCUT2D eigenvalue weighted by molar-refractivity contribution is 5.87. The number of nitrogen functional groups attached to an aromatic ring is 1. The Morgan fingerprint density at radius 2 is 1.48 bits per heavy atom. The fraction of sp³-hybridized carbons (Fsp3) is 0.611. The van der Waals surface area contributed by atoms with Crippen molar-refractivity contribution in [1.29, 1.82) is 0 Å². The van der Waals surface area contributed by atoms with Crippen molar-refractivity contribution in [2.45, 2.75) is 46.0 Å². The molecule has 0 aliphatic carbocycles. The summed E-state index contributed by atoms with van der Waals surface area (Å²) in [7, 11) is 0. The van der Waals surface area contributed by atoms with Crippen molar-refractivity contribution in [3.8, 4) is 0 Å². The minimum Gasteiger partial charge on any atom is -0.478 e. The normalized spacial score (nSPS) is 10.3. The number of aromatic carboxylic acids is 1. The van der Waals surface area contributed by atoms with Gasteiger partial charge >= 0.3 is 5.97 Å². The molecule has 4 N–H and O–H groups in total. The number of anilines is 1. The molecule has 0 aliphatic heterocycles. The van der Waals surface area contributed by atoms with Crippen LogP contribution in [0.15, 0.2) is 24.3 Å². The highest BCUT2D eigenvalue weighted by atomic mass is 16.4. The number of carboxylic acids is 1. The molecule has 0 atom stereocenters. The van der Waals surface area contributed by atoms with E-state index in [9.17, 15) is 4.79 Å². The fourth-order valence-corrected chi connectivity index (χ4v) is 2.02. The average Bonchev–Trinajstić information content (AvgIpc) is 2.55. The van der Waals surface area contributed by atoms with Gasteiger partial charge in [-0.15, -0.1) is 0 Å². The van der Waals surface area contributed by atoms with E-state index in [-0.39, 0.29) is 5.56 Å². The molecule has 132 valence electrons. The molecule has 0 amide bonds. The molecule has 1 rings (SSSR count). The molecule has 0 unspecified atom stereocenters. The summed E-state index contributed by atoms with van der Waals surface area (Å²) in [6, 6.07) is 6.06. The number of hydrogen-bond acceptors (Lipinski definition) is 4. The molecular weight excluding hydrogens is 292 g/mol. The largest absolute Gasteiger partial charge is 0.478 e. The van der Waals surface area contributed by atoms with Crippen molar-refractivity contribution < 1.29 is 15.0 Å². The summed E-state index contributed by atoms with van der Waals surface area (Å²) < 4.78 is 0. The summed E-state index contributed by atoms with van der Waals surface area (Å²) in [5, 5.41) is 17.2. The summed E-state index contributed by atoms with van der Waals surface area (Å²) in [4.78, 5) is 12.7. The van der Waals surface area contributed by atoms with Crippen LogP contribution in [0.3, 0.4) is 0 Å². The first-order valence-electron chi connectivity index (χ1n) is 8.47. The van der Waals surface area contributed by atoms with Gasteiger partial charge in [-0.25, -0.2) is 4.79 Å². The molecule has 1 aromatic carbocycles. The van der Waals surface area contributed by atoms with E-state index in [1.54, 1.807) is 12.1 Å². The zero-order valence-corrected chi connectivity index (χ0v) is 14.5. The monoisotopic (exact) mass is 324 g/mol. The zero-order valence-electron chi connectivity index (χ0n) is 14.5. The molecule has 1 aromatic rings. The highest BCUT2D eigenvalue weighted by Crippen LogP contribution is 2.04. The van der Waals surface area contributed by atoms with Crippen molar-refractivity contribution in [3.63, 3.8) is 0 Å². The van der Waals surface area contributed by atoms with Crippen LogP contribution in [-0.4, -0.2) is 47.3 Å². The smallest absolute Gasteiger partial charge is 0.335 e. The van der Waals surface area contributed by atoms with Crippen LogP contribution in [-0.2, 0) is 0 Å². The van der Waals surface area contributed by atoms with Crippen molar-refractivity contribution in [2.75, 3.05) is 32.0 Å². The van der Waals surface area contributed by atoms with Crippen molar-refractivity contribution >= 4 is 11.7 Å². The molecule has 0 saturated heterocycles. The Balaban J connectivity index is 0.000000433. The van der Waals surface area contributed by atoms with Crippen molar-refractivity contribution in [2.24, 2.45) is 0 Å². The Morgan fingerprint density at radius 1 is 1.00 bits per heavy atom. The van der Waals surface area contributed by atoms with E-state index in [1.807, 2.05) is 0 Å². The van der Waals surface area contributed by atoms with Gasteiger partial charge in [0.05, 0.1) is 5.56 Å². The Labute approximate surface area is 140 Å². The molecular formula is C18H32N2O3. The number of carboxylic acid groups (broad SMARTS) is 1. The molecule has 0 fully saturated rings. The maximum Gasteiger partial charge on any atom is 0.335 e. The minimum atomic E-state index is -0.931. The second-order valence-corrected chi connectivity index (χ2v) is 5.55.